The van der Waals surface area contributed by atoms with Crippen LogP contribution in [0.2, 0.25) is 0 Å². The van der Waals surface area contributed by atoms with Crippen molar-refractivity contribution in [1.29, 1.82) is 0 Å². The fourth-order valence-electron chi connectivity index (χ4n) is 1.96. The molecule has 0 N–H and O–H groups in total. The molecule has 0 aliphatic carbocycles. The molecule has 0 bridgehead atoms. The third kappa shape index (κ3) is 3.02. The van der Waals surface area contributed by atoms with Crippen LogP contribution in [-0.2, 0) is 0 Å². The molecule has 0 saturated carbocycles. The van der Waals surface area contributed by atoms with Crippen molar-refractivity contribution in [1.82, 2.24) is 9.97 Å². The van der Waals surface area contributed by atoms with Gasteiger partial charge in [0.25, 0.3) is 6.43 Å². The molecule has 104 valence electrons. The van der Waals surface area contributed by atoms with Crippen molar-refractivity contribution >= 4 is 43.3 Å². The number of thiophene rings is 1. The Morgan fingerprint density at radius 1 is 1.37 bits per heavy atom. The maximum Gasteiger partial charge on any atom is 0.255 e. The Morgan fingerprint density at radius 2 is 2.11 bits per heavy atom. The van der Waals surface area contributed by atoms with Gasteiger partial charge in [-0.15, -0.1) is 11.3 Å². The van der Waals surface area contributed by atoms with Gasteiger partial charge in [0.15, 0.2) is 0 Å². The second-order valence-electron chi connectivity index (χ2n) is 4.19. The maximum absolute atomic E-state index is 12.7. The Hall–Kier alpha value is -0.820. The molecule has 2 aromatic rings. The molecule has 0 fully saturated rings. The van der Waals surface area contributed by atoms with Crippen LogP contribution >= 0.6 is 27.3 Å². The Morgan fingerprint density at radius 3 is 2.74 bits per heavy atom. The van der Waals surface area contributed by atoms with Gasteiger partial charge < -0.3 is 4.90 Å². The van der Waals surface area contributed by atoms with Crippen molar-refractivity contribution in [3.05, 3.63) is 16.8 Å². The van der Waals surface area contributed by atoms with Gasteiger partial charge in [-0.25, -0.2) is 18.7 Å². The summed E-state index contributed by atoms with van der Waals surface area (Å²) in [5, 5.41) is 1.51. The number of aryl methyl sites for hydroxylation is 2. The lowest BCUT2D eigenvalue weighted by molar-refractivity contribution is 0.155. The number of halogens is 3. The number of fused-ring (bicyclic) bond motifs is 1. The van der Waals surface area contributed by atoms with Crippen molar-refractivity contribution < 1.29 is 8.78 Å². The normalized spacial score (nSPS) is 11.5. The number of hydrogen-bond acceptors (Lipinski definition) is 4. The second kappa shape index (κ2) is 6.09. The van der Waals surface area contributed by atoms with Crippen molar-refractivity contribution in [2.75, 3.05) is 23.3 Å². The lowest BCUT2D eigenvalue weighted by Gasteiger charge is -2.23. The molecule has 0 spiro atoms. The molecule has 0 amide bonds. The van der Waals surface area contributed by atoms with Gasteiger partial charge in [0.2, 0.25) is 0 Å². The summed E-state index contributed by atoms with van der Waals surface area (Å²) < 4.78 is 25.4. The molecule has 0 unspecified atom stereocenters. The van der Waals surface area contributed by atoms with Gasteiger partial charge in [0.05, 0.1) is 11.9 Å². The van der Waals surface area contributed by atoms with Gasteiger partial charge in [-0.2, -0.15) is 0 Å². The average molecular weight is 350 g/mol. The van der Waals surface area contributed by atoms with Gasteiger partial charge in [0.1, 0.15) is 17.0 Å². The van der Waals surface area contributed by atoms with E-state index in [9.17, 15) is 8.78 Å². The minimum atomic E-state index is -2.39. The van der Waals surface area contributed by atoms with Crippen molar-refractivity contribution in [2.24, 2.45) is 0 Å². The molecular weight excluding hydrogens is 336 g/mol. The highest BCUT2D eigenvalue weighted by Gasteiger charge is 2.19. The summed E-state index contributed by atoms with van der Waals surface area (Å²) in [7, 11) is 0. The molecular formula is C12H14BrF2N3S. The third-order valence-electron chi connectivity index (χ3n) is 2.96. The minimum absolute atomic E-state index is 0.313. The van der Waals surface area contributed by atoms with Crippen molar-refractivity contribution in [3.8, 4) is 0 Å². The van der Waals surface area contributed by atoms with Crippen LogP contribution in [0.1, 0.15) is 10.4 Å². The minimum Gasteiger partial charge on any atom is -0.349 e. The standard InChI is InChI=1S/C12H14BrF2N3S/c1-7-8(2)19-12-10(7)11(16-6-17-12)18(4-3-13)5-9(14)15/h6,9H,3-5H2,1-2H3. The number of nitrogens with zero attached hydrogens (tertiary/aromatic N) is 3. The summed E-state index contributed by atoms with van der Waals surface area (Å²) in [6.45, 7) is 4.17. The van der Waals surface area contributed by atoms with Gasteiger partial charge in [-0.1, -0.05) is 15.9 Å². The summed E-state index contributed by atoms with van der Waals surface area (Å²) in [5.41, 5.74) is 1.07. The van der Waals surface area contributed by atoms with E-state index in [4.69, 9.17) is 0 Å². The molecule has 0 radical (unpaired) electrons. The van der Waals surface area contributed by atoms with Crippen LogP contribution in [-0.4, -0.2) is 34.8 Å². The number of rotatable bonds is 5. The highest BCUT2D eigenvalue weighted by molar-refractivity contribution is 9.09. The van der Waals surface area contributed by atoms with E-state index in [2.05, 4.69) is 25.9 Å². The van der Waals surface area contributed by atoms with Crippen LogP contribution in [0.25, 0.3) is 10.2 Å². The number of aromatic nitrogens is 2. The lowest BCUT2D eigenvalue weighted by Crippen LogP contribution is -2.31. The van der Waals surface area contributed by atoms with E-state index < -0.39 is 6.43 Å². The number of anilines is 1. The SMILES string of the molecule is Cc1sc2ncnc(N(CCBr)CC(F)F)c2c1C. The lowest BCUT2D eigenvalue weighted by atomic mass is 10.2. The van der Waals surface area contributed by atoms with E-state index in [-0.39, 0.29) is 6.54 Å². The van der Waals surface area contributed by atoms with Gasteiger partial charge in [-0.3, -0.25) is 0 Å². The van der Waals surface area contributed by atoms with Gasteiger partial charge in [-0.05, 0) is 19.4 Å². The Kier molecular flexibility index (Phi) is 4.67. The Bertz CT molecular complexity index is 573. The van der Waals surface area contributed by atoms with E-state index in [0.717, 1.165) is 20.7 Å². The first-order valence-corrected chi connectivity index (χ1v) is 7.78. The second-order valence-corrected chi connectivity index (χ2v) is 6.18. The summed E-state index contributed by atoms with van der Waals surface area (Å²) >= 11 is 4.87. The quantitative estimate of drug-likeness (QED) is 0.769. The first-order valence-electron chi connectivity index (χ1n) is 5.84. The molecule has 2 heterocycles. The molecule has 0 aromatic carbocycles. The molecule has 7 heteroatoms. The molecule has 0 aliphatic rings. The molecule has 0 atom stereocenters. The Balaban J connectivity index is 2.52. The molecule has 19 heavy (non-hydrogen) atoms. The fourth-order valence-corrected chi connectivity index (χ4v) is 3.38. The van der Waals surface area contributed by atoms with Crippen molar-refractivity contribution in [2.45, 2.75) is 20.3 Å². The molecule has 2 aromatic heterocycles. The predicted molar refractivity (Wildman–Crippen MR) is 78.9 cm³/mol. The molecule has 2 rings (SSSR count). The van der Waals surface area contributed by atoms with E-state index in [1.54, 1.807) is 16.2 Å². The number of hydrogen-bond donors (Lipinski definition) is 0. The van der Waals surface area contributed by atoms with E-state index in [0.29, 0.717) is 17.7 Å². The van der Waals surface area contributed by atoms with E-state index in [1.165, 1.54) is 6.33 Å². The van der Waals surface area contributed by atoms with Crippen LogP contribution < -0.4 is 4.90 Å². The fraction of sp³-hybridized carbons (Fsp3) is 0.500. The molecule has 3 nitrogen and oxygen atoms in total. The van der Waals surface area contributed by atoms with Crippen LogP contribution in [0.4, 0.5) is 14.6 Å². The average Bonchev–Trinajstić information content (AvgIpc) is 2.64. The summed E-state index contributed by atoms with van der Waals surface area (Å²) in [6, 6.07) is 0. The Labute approximate surface area is 122 Å². The largest absolute Gasteiger partial charge is 0.349 e. The first-order chi connectivity index (χ1) is 9.04. The number of alkyl halides is 3. The van der Waals surface area contributed by atoms with Gasteiger partial charge >= 0.3 is 0 Å². The highest BCUT2D eigenvalue weighted by atomic mass is 79.9. The van der Waals surface area contributed by atoms with Crippen LogP contribution in [0.15, 0.2) is 6.33 Å². The highest BCUT2D eigenvalue weighted by Crippen LogP contribution is 2.34. The van der Waals surface area contributed by atoms with Crippen LogP contribution in [0, 0.1) is 13.8 Å². The van der Waals surface area contributed by atoms with E-state index in [1.807, 2.05) is 13.8 Å². The summed E-state index contributed by atoms with van der Waals surface area (Å²) in [6.07, 6.45) is -0.941. The van der Waals surface area contributed by atoms with Crippen LogP contribution in [0.3, 0.4) is 0 Å². The predicted octanol–water partition coefficient (Wildman–Crippen LogP) is 3.77. The van der Waals surface area contributed by atoms with Gasteiger partial charge in [0, 0.05) is 16.8 Å². The monoisotopic (exact) mass is 349 g/mol. The van der Waals surface area contributed by atoms with Crippen LogP contribution in [0.5, 0.6) is 0 Å². The zero-order valence-electron chi connectivity index (χ0n) is 10.7. The molecule has 0 saturated heterocycles. The zero-order chi connectivity index (χ0) is 14.0. The molecule has 0 aliphatic heterocycles. The van der Waals surface area contributed by atoms with Crippen molar-refractivity contribution in [3.63, 3.8) is 0 Å². The first kappa shape index (κ1) is 14.6. The topological polar surface area (TPSA) is 29.0 Å². The summed E-state index contributed by atoms with van der Waals surface area (Å²) in [5.74, 6) is 0.603. The third-order valence-corrected chi connectivity index (χ3v) is 4.43. The zero-order valence-corrected chi connectivity index (χ0v) is 13.1. The summed E-state index contributed by atoms with van der Waals surface area (Å²) in [4.78, 5) is 12.1. The maximum atomic E-state index is 12.7. The van der Waals surface area contributed by atoms with E-state index >= 15 is 0 Å². The smallest absolute Gasteiger partial charge is 0.255 e.